The standard InChI is InChI=1S/C11H16N2O3S/c1-2-3-4-5-9(14)13-11-12-8(7-17-11)6-10(15)16/h7H,2-6H2,1H3,(H,15,16)(H,12,13,14). The lowest BCUT2D eigenvalue weighted by Gasteiger charge is -2.00. The van der Waals surface area contributed by atoms with Gasteiger partial charge in [0.2, 0.25) is 5.91 Å². The molecule has 17 heavy (non-hydrogen) atoms. The van der Waals surface area contributed by atoms with Crippen molar-refractivity contribution < 1.29 is 14.7 Å². The summed E-state index contributed by atoms with van der Waals surface area (Å²) < 4.78 is 0. The van der Waals surface area contributed by atoms with Crippen LogP contribution >= 0.6 is 11.3 Å². The van der Waals surface area contributed by atoms with Crippen molar-refractivity contribution in [3.05, 3.63) is 11.1 Å². The van der Waals surface area contributed by atoms with Crippen LogP contribution in [0.25, 0.3) is 0 Å². The van der Waals surface area contributed by atoms with Crippen molar-refractivity contribution in [1.29, 1.82) is 0 Å². The first kappa shape index (κ1) is 13.6. The van der Waals surface area contributed by atoms with E-state index < -0.39 is 5.97 Å². The Labute approximate surface area is 104 Å². The smallest absolute Gasteiger partial charge is 0.309 e. The molecule has 0 aromatic carbocycles. The molecule has 0 aliphatic heterocycles. The van der Waals surface area contributed by atoms with Gasteiger partial charge in [-0.2, -0.15) is 0 Å². The molecule has 1 aromatic rings. The van der Waals surface area contributed by atoms with Crippen molar-refractivity contribution in [2.75, 3.05) is 5.32 Å². The Morgan fingerprint density at radius 3 is 2.88 bits per heavy atom. The number of anilines is 1. The summed E-state index contributed by atoms with van der Waals surface area (Å²) in [5.41, 5.74) is 0.478. The Kier molecular flexibility index (Phi) is 5.62. The number of aromatic nitrogens is 1. The van der Waals surface area contributed by atoms with Gasteiger partial charge in [-0.1, -0.05) is 19.8 Å². The number of unbranched alkanes of at least 4 members (excludes halogenated alkanes) is 2. The lowest BCUT2D eigenvalue weighted by Crippen LogP contribution is -2.11. The normalized spacial score (nSPS) is 10.2. The van der Waals surface area contributed by atoms with Crippen molar-refractivity contribution in [3.8, 4) is 0 Å². The van der Waals surface area contributed by atoms with Crippen LogP contribution in [0.2, 0.25) is 0 Å². The van der Waals surface area contributed by atoms with Crippen molar-refractivity contribution in [1.82, 2.24) is 4.98 Å². The van der Waals surface area contributed by atoms with E-state index in [1.54, 1.807) is 5.38 Å². The van der Waals surface area contributed by atoms with E-state index in [2.05, 4.69) is 17.2 Å². The van der Waals surface area contributed by atoms with Gasteiger partial charge in [0.15, 0.2) is 5.13 Å². The summed E-state index contributed by atoms with van der Waals surface area (Å²) in [5, 5.41) is 13.4. The SMILES string of the molecule is CCCCCC(=O)Nc1nc(CC(=O)O)cs1. The minimum absolute atomic E-state index is 0.0605. The van der Waals surface area contributed by atoms with Crippen LogP contribution in [0.3, 0.4) is 0 Å². The maximum absolute atomic E-state index is 11.5. The molecule has 1 aromatic heterocycles. The van der Waals surface area contributed by atoms with E-state index in [-0.39, 0.29) is 12.3 Å². The number of carbonyl (C=O) groups is 2. The van der Waals surface area contributed by atoms with Gasteiger partial charge >= 0.3 is 5.97 Å². The summed E-state index contributed by atoms with van der Waals surface area (Å²) in [6.45, 7) is 2.08. The lowest BCUT2D eigenvalue weighted by molar-refractivity contribution is -0.136. The molecular weight excluding hydrogens is 240 g/mol. The van der Waals surface area contributed by atoms with Gasteiger partial charge in [0, 0.05) is 11.8 Å². The van der Waals surface area contributed by atoms with E-state index >= 15 is 0 Å². The fraction of sp³-hybridized carbons (Fsp3) is 0.545. The van der Waals surface area contributed by atoms with Crippen molar-refractivity contribution >= 4 is 28.3 Å². The third-order valence-electron chi connectivity index (χ3n) is 2.14. The highest BCUT2D eigenvalue weighted by Gasteiger charge is 2.08. The molecule has 5 nitrogen and oxygen atoms in total. The highest BCUT2D eigenvalue weighted by molar-refractivity contribution is 7.13. The van der Waals surface area contributed by atoms with E-state index in [0.29, 0.717) is 17.2 Å². The second-order valence-corrected chi connectivity index (χ2v) is 4.58. The van der Waals surface area contributed by atoms with Crippen LogP contribution in [0.1, 0.15) is 38.3 Å². The molecule has 0 radical (unpaired) electrons. The van der Waals surface area contributed by atoms with Crippen molar-refractivity contribution in [3.63, 3.8) is 0 Å². The molecule has 1 amide bonds. The minimum Gasteiger partial charge on any atom is -0.481 e. The second kappa shape index (κ2) is 7.01. The number of nitrogens with zero attached hydrogens (tertiary/aromatic N) is 1. The van der Waals surface area contributed by atoms with Gasteiger partial charge in [-0.15, -0.1) is 11.3 Å². The van der Waals surface area contributed by atoms with E-state index in [1.807, 2.05) is 0 Å². The van der Waals surface area contributed by atoms with E-state index in [4.69, 9.17) is 5.11 Å². The van der Waals surface area contributed by atoms with Crippen LogP contribution < -0.4 is 5.32 Å². The van der Waals surface area contributed by atoms with E-state index in [9.17, 15) is 9.59 Å². The molecular formula is C11H16N2O3S. The zero-order chi connectivity index (χ0) is 12.7. The maximum Gasteiger partial charge on any atom is 0.309 e. The van der Waals surface area contributed by atoms with Gasteiger partial charge in [-0.25, -0.2) is 4.98 Å². The summed E-state index contributed by atoms with van der Waals surface area (Å²) in [4.78, 5) is 25.9. The molecule has 1 heterocycles. The first-order chi connectivity index (χ1) is 8.11. The van der Waals surface area contributed by atoms with Gasteiger partial charge in [0.1, 0.15) is 0 Å². The number of aliphatic carboxylic acids is 1. The Morgan fingerprint density at radius 1 is 1.47 bits per heavy atom. The van der Waals surface area contributed by atoms with E-state index in [0.717, 1.165) is 19.3 Å². The number of rotatable bonds is 7. The molecule has 0 fully saturated rings. The summed E-state index contributed by atoms with van der Waals surface area (Å²) in [6.07, 6.45) is 3.36. The fourth-order valence-corrected chi connectivity index (χ4v) is 2.04. The van der Waals surface area contributed by atoms with Crippen LogP contribution in [0.4, 0.5) is 5.13 Å². The van der Waals surface area contributed by atoms with Crippen LogP contribution in [0, 0.1) is 0 Å². The van der Waals surface area contributed by atoms with Gasteiger partial charge in [-0.3, -0.25) is 9.59 Å². The molecule has 0 saturated carbocycles. The van der Waals surface area contributed by atoms with E-state index in [1.165, 1.54) is 11.3 Å². The number of amides is 1. The molecule has 0 atom stereocenters. The predicted octanol–water partition coefficient (Wildman–Crippen LogP) is 2.29. The summed E-state index contributed by atoms with van der Waals surface area (Å²) in [6, 6.07) is 0. The number of hydrogen-bond donors (Lipinski definition) is 2. The zero-order valence-electron chi connectivity index (χ0n) is 9.73. The highest BCUT2D eigenvalue weighted by atomic mass is 32.1. The molecule has 0 saturated heterocycles. The summed E-state index contributed by atoms with van der Waals surface area (Å²) in [5.74, 6) is -0.981. The monoisotopic (exact) mass is 256 g/mol. The van der Waals surface area contributed by atoms with Crippen molar-refractivity contribution in [2.45, 2.75) is 39.0 Å². The zero-order valence-corrected chi connectivity index (χ0v) is 10.5. The Bertz CT molecular complexity index is 390. The number of hydrogen-bond acceptors (Lipinski definition) is 4. The molecule has 0 unspecified atom stereocenters. The van der Waals surface area contributed by atoms with Crippen molar-refractivity contribution in [2.24, 2.45) is 0 Å². The van der Waals surface area contributed by atoms with Crippen LogP contribution in [0.15, 0.2) is 5.38 Å². The summed E-state index contributed by atoms with van der Waals surface area (Å²) >= 11 is 1.25. The highest BCUT2D eigenvalue weighted by Crippen LogP contribution is 2.16. The summed E-state index contributed by atoms with van der Waals surface area (Å²) in [7, 11) is 0. The fourth-order valence-electron chi connectivity index (χ4n) is 1.32. The Hall–Kier alpha value is -1.43. The minimum atomic E-state index is -0.920. The first-order valence-electron chi connectivity index (χ1n) is 5.58. The predicted molar refractivity (Wildman–Crippen MR) is 66.2 cm³/mol. The largest absolute Gasteiger partial charge is 0.481 e. The quantitative estimate of drug-likeness (QED) is 0.733. The number of thiazole rings is 1. The number of carboxylic acids is 1. The lowest BCUT2D eigenvalue weighted by atomic mass is 10.2. The van der Waals surface area contributed by atoms with Crippen LogP contribution in [0.5, 0.6) is 0 Å². The third-order valence-corrected chi connectivity index (χ3v) is 2.94. The molecule has 94 valence electrons. The van der Waals surface area contributed by atoms with Gasteiger partial charge in [-0.05, 0) is 6.42 Å². The van der Waals surface area contributed by atoms with Crippen LogP contribution in [-0.2, 0) is 16.0 Å². The first-order valence-corrected chi connectivity index (χ1v) is 6.45. The average Bonchev–Trinajstić information content (AvgIpc) is 2.64. The average molecular weight is 256 g/mol. The molecule has 2 N–H and O–H groups in total. The topological polar surface area (TPSA) is 79.3 Å². The molecule has 0 aliphatic rings. The number of carboxylic acid groups (broad SMARTS) is 1. The molecule has 1 rings (SSSR count). The van der Waals surface area contributed by atoms with Gasteiger partial charge in [0.05, 0.1) is 12.1 Å². The molecule has 0 bridgehead atoms. The van der Waals surface area contributed by atoms with Gasteiger partial charge < -0.3 is 10.4 Å². The molecule has 0 aliphatic carbocycles. The molecule has 6 heteroatoms. The molecule has 0 spiro atoms. The number of carbonyl (C=O) groups excluding carboxylic acids is 1. The third kappa shape index (κ3) is 5.44. The Morgan fingerprint density at radius 2 is 2.24 bits per heavy atom. The second-order valence-electron chi connectivity index (χ2n) is 3.72. The van der Waals surface area contributed by atoms with Crippen LogP contribution in [-0.4, -0.2) is 22.0 Å². The maximum atomic E-state index is 11.5. The Balaban J connectivity index is 2.38. The number of nitrogens with one attached hydrogen (secondary N) is 1. The van der Waals surface area contributed by atoms with Gasteiger partial charge in [0.25, 0.3) is 0 Å².